The molecule has 2 unspecified atom stereocenters. The lowest BCUT2D eigenvalue weighted by Crippen LogP contribution is -2.51. The molecular formula is C17H23N3O4. The highest BCUT2D eigenvalue weighted by atomic mass is 16.5. The first-order valence-electron chi connectivity index (χ1n) is 8.13. The van der Waals surface area contributed by atoms with Gasteiger partial charge in [0.2, 0.25) is 5.91 Å². The van der Waals surface area contributed by atoms with Crippen molar-refractivity contribution in [3.8, 4) is 0 Å². The molecule has 130 valence electrons. The average Bonchev–Trinajstić information content (AvgIpc) is 3.09. The Morgan fingerprint density at radius 3 is 2.71 bits per heavy atom. The predicted octanol–water partition coefficient (Wildman–Crippen LogP) is 0.540. The highest BCUT2D eigenvalue weighted by Crippen LogP contribution is 2.40. The van der Waals surface area contributed by atoms with Gasteiger partial charge in [-0.3, -0.25) is 14.6 Å². The number of hydrogen-bond acceptors (Lipinski definition) is 6. The van der Waals surface area contributed by atoms with Crippen molar-refractivity contribution in [3.05, 3.63) is 35.9 Å². The first-order chi connectivity index (χ1) is 11.5. The van der Waals surface area contributed by atoms with E-state index in [1.54, 1.807) is 16.8 Å². The van der Waals surface area contributed by atoms with Gasteiger partial charge in [0.15, 0.2) is 12.1 Å². The number of rotatable bonds is 5. The van der Waals surface area contributed by atoms with Crippen molar-refractivity contribution < 1.29 is 19.1 Å². The molecular weight excluding hydrogens is 310 g/mol. The van der Waals surface area contributed by atoms with E-state index < -0.39 is 18.1 Å². The number of esters is 1. The zero-order chi connectivity index (χ0) is 17.3. The highest BCUT2D eigenvalue weighted by Gasteiger charge is 2.58. The molecule has 0 saturated carbocycles. The summed E-state index contributed by atoms with van der Waals surface area (Å²) in [6, 6.07) is 8.99. The lowest BCUT2D eigenvalue weighted by molar-refractivity contribution is -0.155. The van der Waals surface area contributed by atoms with Crippen molar-refractivity contribution in [2.75, 3.05) is 27.3 Å². The van der Waals surface area contributed by atoms with Crippen LogP contribution in [-0.2, 0) is 19.1 Å². The molecule has 1 N–H and O–H groups in total. The van der Waals surface area contributed by atoms with Gasteiger partial charge in [0.1, 0.15) is 0 Å². The van der Waals surface area contributed by atoms with E-state index in [4.69, 9.17) is 9.47 Å². The predicted molar refractivity (Wildman–Crippen MR) is 86.5 cm³/mol. The lowest BCUT2D eigenvalue weighted by Gasteiger charge is -2.25. The number of hydrazine groups is 1. The summed E-state index contributed by atoms with van der Waals surface area (Å²) in [5.41, 5.74) is 4.10. The standard InChI is InChI=1S/C17H23N3O4/c1-4-23-17(22)13-14(18-19(2)3)12-10-24-16(20(12)15(13)21)11-8-6-5-7-9-11/h5-9,12-14,16,18H,4,10H2,1-3H3/t12-,13?,14?,16-/m1/s1. The fourth-order valence-corrected chi connectivity index (χ4v) is 3.43. The van der Waals surface area contributed by atoms with Crippen LogP contribution >= 0.6 is 0 Å². The Morgan fingerprint density at radius 2 is 2.08 bits per heavy atom. The Balaban J connectivity index is 1.90. The van der Waals surface area contributed by atoms with E-state index in [-0.39, 0.29) is 24.6 Å². The molecule has 2 fully saturated rings. The third-order valence-corrected chi connectivity index (χ3v) is 4.36. The smallest absolute Gasteiger partial charge is 0.320 e. The molecule has 2 aliphatic rings. The largest absolute Gasteiger partial charge is 0.465 e. The van der Waals surface area contributed by atoms with Gasteiger partial charge >= 0.3 is 5.97 Å². The maximum absolute atomic E-state index is 13.0. The summed E-state index contributed by atoms with van der Waals surface area (Å²) in [5, 5.41) is 1.75. The second-order valence-corrected chi connectivity index (χ2v) is 6.19. The van der Waals surface area contributed by atoms with Gasteiger partial charge < -0.3 is 14.4 Å². The Labute approximate surface area is 141 Å². The summed E-state index contributed by atoms with van der Waals surface area (Å²) < 4.78 is 11.0. The van der Waals surface area contributed by atoms with Gasteiger partial charge in [-0.2, -0.15) is 0 Å². The molecule has 7 heteroatoms. The minimum absolute atomic E-state index is 0.209. The number of nitrogens with zero attached hydrogens (tertiary/aromatic N) is 2. The summed E-state index contributed by atoms with van der Waals surface area (Å²) in [4.78, 5) is 27.0. The van der Waals surface area contributed by atoms with E-state index in [9.17, 15) is 9.59 Å². The Bertz CT molecular complexity index is 607. The van der Waals surface area contributed by atoms with E-state index in [1.165, 1.54) is 0 Å². The molecule has 1 amide bonds. The van der Waals surface area contributed by atoms with Gasteiger partial charge in [0, 0.05) is 19.7 Å². The number of carbonyl (C=O) groups excluding carboxylic acids is 2. The zero-order valence-electron chi connectivity index (χ0n) is 14.1. The fraction of sp³-hybridized carbons (Fsp3) is 0.529. The number of benzene rings is 1. The third-order valence-electron chi connectivity index (χ3n) is 4.36. The molecule has 7 nitrogen and oxygen atoms in total. The van der Waals surface area contributed by atoms with Gasteiger partial charge in [0.05, 0.1) is 25.3 Å². The van der Waals surface area contributed by atoms with Crippen LogP contribution in [0.15, 0.2) is 30.3 Å². The van der Waals surface area contributed by atoms with Crippen molar-refractivity contribution in [1.82, 2.24) is 15.3 Å². The molecule has 0 aliphatic carbocycles. The summed E-state index contributed by atoms with van der Waals surface area (Å²) in [5.74, 6) is -1.58. The van der Waals surface area contributed by atoms with Gasteiger partial charge in [-0.1, -0.05) is 30.3 Å². The quantitative estimate of drug-likeness (QED) is 0.482. The molecule has 1 aromatic rings. The Morgan fingerprint density at radius 1 is 1.38 bits per heavy atom. The molecule has 24 heavy (non-hydrogen) atoms. The second kappa shape index (κ2) is 6.88. The average molecular weight is 333 g/mol. The molecule has 0 aromatic heterocycles. The second-order valence-electron chi connectivity index (χ2n) is 6.19. The van der Waals surface area contributed by atoms with Crippen molar-refractivity contribution in [2.45, 2.75) is 25.2 Å². The van der Waals surface area contributed by atoms with E-state index >= 15 is 0 Å². The number of amides is 1. The molecule has 4 atom stereocenters. The van der Waals surface area contributed by atoms with Crippen molar-refractivity contribution in [1.29, 1.82) is 0 Å². The van der Waals surface area contributed by atoms with E-state index in [0.717, 1.165) is 5.56 Å². The van der Waals surface area contributed by atoms with Gasteiger partial charge in [-0.15, -0.1) is 0 Å². The molecule has 2 heterocycles. The topological polar surface area (TPSA) is 71.1 Å². The van der Waals surface area contributed by atoms with Crippen LogP contribution in [0.25, 0.3) is 0 Å². The van der Waals surface area contributed by atoms with Crippen LogP contribution in [0.3, 0.4) is 0 Å². The van der Waals surface area contributed by atoms with Crippen LogP contribution in [0, 0.1) is 5.92 Å². The lowest BCUT2D eigenvalue weighted by atomic mass is 9.99. The SMILES string of the molecule is CCOC(=O)C1C(=O)N2[C@@H](c3ccccc3)OC[C@@H]2C1NN(C)C. The van der Waals surface area contributed by atoms with Crippen LogP contribution in [-0.4, -0.2) is 61.2 Å². The molecule has 1 aromatic carbocycles. The maximum atomic E-state index is 13.0. The molecule has 0 spiro atoms. The summed E-state index contributed by atoms with van der Waals surface area (Å²) in [7, 11) is 3.67. The highest BCUT2D eigenvalue weighted by molar-refractivity contribution is 6.01. The maximum Gasteiger partial charge on any atom is 0.320 e. The number of fused-ring (bicyclic) bond motifs is 1. The molecule has 0 bridgehead atoms. The Hall–Kier alpha value is -1.96. The number of carbonyl (C=O) groups is 2. The van der Waals surface area contributed by atoms with Crippen LogP contribution in [0.5, 0.6) is 0 Å². The first kappa shape index (κ1) is 16.9. The first-order valence-corrected chi connectivity index (χ1v) is 8.13. The monoisotopic (exact) mass is 333 g/mol. The van der Waals surface area contributed by atoms with Crippen molar-refractivity contribution >= 4 is 11.9 Å². The van der Waals surface area contributed by atoms with E-state index in [1.807, 2.05) is 44.4 Å². The van der Waals surface area contributed by atoms with Crippen molar-refractivity contribution in [3.63, 3.8) is 0 Å². The molecule has 3 rings (SSSR count). The minimum atomic E-state index is -0.854. The van der Waals surface area contributed by atoms with Crippen LogP contribution in [0.1, 0.15) is 18.7 Å². The molecule has 2 saturated heterocycles. The zero-order valence-corrected chi connectivity index (χ0v) is 14.1. The minimum Gasteiger partial charge on any atom is -0.465 e. The number of hydrogen-bond donors (Lipinski definition) is 1. The Kier molecular flexibility index (Phi) is 4.84. The fourth-order valence-electron chi connectivity index (χ4n) is 3.43. The number of ether oxygens (including phenoxy) is 2. The van der Waals surface area contributed by atoms with E-state index in [2.05, 4.69) is 5.43 Å². The normalized spacial score (nSPS) is 29.2. The molecule has 0 radical (unpaired) electrons. The van der Waals surface area contributed by atoms with E-state index in [0.29, 0.717) is 6.61 Å². The number of nitrogens with one attached hydrogen (secondary N) is 1. The third kappa shape index (κ3) is 2.90. The van der Waals surface area contributed by atoms with Crippen molar-refractivity contribution in [2.24, 2.45) is 5.92 Å². The summed E-state index contributed by atoms with van der Waals surface area (Å²) >= 11 is 0. The summed E-state index contributed by atoms with van der Waals surface area (Å²) in [6.07, 6.45) is -0.463. The van der Waals surface area contributed by atoms with Gasteiger partial charge in [-0.05, 0) is 6.92 Å². The van der Waals surface area contributed by atoms with Gasteiger partial charge in [0.25, 0.3) is 0 Å². The molecule has 2 aliphatic heterocycles. The summed E-state index contributed by atoms with van der Waals surface area (Å²) in [6.45, 7) is 2.37. The van der Waals surface area contributed by atoms with Crippen LogP contribution in [0.2, 0.25) is 0 Å². The van der Waals surface area contributed by atoms with Gasteiger partial charge in [-0.25, -0.2) is 5.43 Å². The van der Waals surface area contributed by atoms with Crippen LogP contribution in [0.4, 0.5) is 0 Å². The van der Waals surface area contributed by atoms with Crippen LogP contribution < -0.4 is 5.43 Å².